The van der Waals surface area contributed by atoms with Crippen molar-refractivity contribution in [1.29, 1.82) is 0 Å². The lowest BCUT2D eigenvalue weighted by molar-refractivity contribution is -0.140. The monoisotopic (exact) mass is 362 g/mol. The molecule has 1 aromatic heterocycles. The van der Waals surface area contributed by atoms with E-state index in [0.717, 1.165) is 11.7 Å². The fourth-order valence-electron chi connectivity index (χ4n) is 2.62. The first-order valence-corrected chi connectivity index (χ1v) is 7.93. The molecule has 0 spiro atoms. The number of aromatic nitrogens is 2. The maximum absolute atomic E-state index is 10.9. The lowest BCUT2D eigenvalue weighted by Gasteiger charge is -2.35. The summed E-state index contributed by atoms with van der Waals surface area (Å²) >= 11 is 6.24. The van der Waals surface area contributed by atoms with Crippen molar-refractivity contribution in [2.45, 2.75) is 0 Å². The molecular weight excluding hydrogens is 348 g/mol. The maximum atomic E-state index is 10.9. The Morgan fingerprint density at radius 2 is 1.56 bits per heavy atom. The predicted molar refractivity (Wildman–Crippen MR) is 91.7 cm³/mol. The van der Waals surface area contributed by atoms with E-state index in [4.69, 9.17) is 21.8 Å². The first-order chi connectivity index (χ1) is 12.0. The van der Waals surface area contributed by atoms with Gasteiger partial charge in [0.05, 0.1) is 11.0 Å². The van der Waals surface area contributed by atoms with E-state index in [1.54, 1.807) is 4.90 Å². The first kappa shape index (κ1) is 17.0. The number of hydrogen-bond donors (Lipinski definition) is 2. The van der Waals surface area contributed by atoms with Crippen molar-refractivity contribution in [2.75, 3.05) is 31.1 Å². The highest BCUT2D eigenvalue weighted by molar-refractivity contribution is 6.32. The van der Waals surface area contributed by atoms with Crippen molar-refractivity contribution >= 4 is 40.4 Å². The van der Waals surface area contributed by atoms with Gasteiger partial charge < -0.3 is 20.0 Å². The third-order valence-corrected chi connectivity index (χ3v) is 4.15. The van der Waals surface area contributed by atoms with Gasteiger partial charge in [-0.3, -0.25) is 0 Å². The van der Waals surface area contributed by atoms with Gasteiger partial charge in [0.15, 0.2) is 16.5 Å². The number of fused-ring (bicyclic) bond motifs is 1. The Labute approximate surface area is 148 Å². The largest absolute Gasteiger partial charge is 0.477 e. The molecule has 1 aromatic carbocycles. The van der Waals surface area contributed by atoms with Crippen LogP contribution in [0.25, 0.3) is 11.0 Å². The van der Waals surface area contributed by atoms with Gasteiger partial charge in [0.25, 0.3) is 0 Å². The molecular formula is C16H15ClN4O4. The number of carboxylic acids is 2. The molecule has 1 fully saturated rings. The van der Waals surface area contributed by atoms with E-state index in [9.17, 15) is 9.59 Å². The summed E-state index contributed by atoms with van der Waals surface area (Å²) in [5, 5.41) is 18.1. The fraction of sp³-hybridized carbons (Fsp3) is 0.250. The van der Waals surface area contributed by atoms with Gasteiger partial charge in [-0.15, -0.1) is 0 Å². The van der Waals surface area contributed by atoms with E-state index in [0.29, 0.717) is 42.7 Å². The normalized spacial score (nSPS) is 14.4. The average Bonchev–Trinajstić information content (AvgIpc) is 2.59. The highest BCUT2D eigenvalue weighted by Crippen LogP contribution is 2.25. The van der Waals surface area contributed by atoms with Gasteiger partial charge in [-0.1, -0.05) is 23.7 Å². The van der Waals surface area contributed by atoms with Crippen molar-refractivity contribution in [3.8, 4) is 0 Å². The molecule has 0 radical (unpaired) electrons. The summed E-state index contributed by atoms with van der Waals surface area (Å²) in [6.07, 6.45) is 1.16. The molecule has 0 unspecified atom stereocenters. The van der Waals surface area contributed by atoms with Crippen molar-refractivity contribution in [1.82, 2.24) is 14.9 Å². The van der Waals surface area contributed by atoms with Crippen LogP contribution in [0.15, 0.2) is 36.0 Å². The number of benzene rings is 1. The summed E-state index contributed by atoms with van der Waals surface area (Å²) in [5.41, 5.74) is 0.797. The minimum atomic E-state index is -1.46. The van der Waals surface area contributed by atoms with Crippen LogP contribution in [0, 0.1) is 0 Å². The molecule has 1 saturated heterocycles. The average molecular weight is 363 g/mol. The number of anilines is 1. The molecule has 2 heterocycles. The van der Waals surface area contributed by atoms with Gasteiger partial charge in [0.2, 0.25) is 0 Å². The number of rotatable bonds is 4. The second kappa shape index (κ2) is 6.94. The highest BCUT2D eigenvalue weighted by atomic mass is 35.5. The van der Waals surface area contributed by atoms with Crippen molar-refractivity contribution < 1.29 is 19.8 Å². The molecule has 1 aliphatic rings. The Kier molecular flexibility index (Phi) is 4.71. The molecule has 3 rings (SSSR count). The van der Waals surface area contributed by atoms with Crippen LogP contribution < -0.4 is 4.90 Å². The van der Waals surface area contributed by atoms with Crippen LogP contribution in [0.3, 0.4) is 0 Å². The summed E-state index contributed by atoms with van der Waals surface area (Å²) < 4.78 is 0. The van der Waals surface area contributed by atoms with Crippen LogP contribution in [-0.2, 0) is 9.59 Å². The lowest BCUT2D eigenvalue weighted by atomic mass is 10.2. The maximum Gasteiger partial charge on any atom is 0.344 e. The number of para-hydroxylation sites is 2. The molecule has 25 heavy (non-hydrogen) atoms. The molecule has 0 bridgehead atoms. The Hall–Kier alpha value is -2.87. The van der Waals surface area contributed by atoms with E-state index in [-0.39, 0.29) is 0 Å². The van der Waals surface area contributed by atoms with E-state index in [1.165, 1.54) is 0 Å². The lowest BCUT2D eigenvalue weighted by Crippen LogP contribution is -2.45. The van der Waals surface area contributed by atoms with Crippen LogP contribution in [0.5, 0.6) is 0 Å². The Morgan fingerprint density at radius 3 is 2.12 bits per heavy atom. The van der Waals surface area contributed by atoms with Crippen LogP contribution in [0.2, 0.25) is 5.15 Å². The molecule has 0 aliphatic carbocycles. The number of aliphatic carboxylic acids is 2. The van der Waals surface area contributed by atoms with Gasteiger partial charge in [-0.2, -0.15) is 0 Å². The number of carboxylic acid groups (broad SMARTS) is 2. The minimum absolute atomic E-state index is 0.305. The quantitative estimate of drug-likeness (QED) is 0.478. The standard InChI is InChI=1S/C16H15ClN4O4/c17-13-14(19-12-4-2-1-3-11(12)18-13)21-7-5-20(6-8-21)9-10(15(22)23)16(24)25/h1-4,9H,5-8H2,(H,22,23)(H,24,25). The molecule has 9 heteroatoms. The molecule has 8 nitrogen and oxygen atoms in total. The zero-order valence-corrected chi connectivity index (χ0v) is 13.8. The number of piperazine rings is 1. The number of carbonyl (C=O) groups is 2. The van der Waals surface area contributed by atoms with E-state index >= 15 is 0 Å². The molecule has 0 amide bonds. The summed E-state index contributed by atoms with van der Waals surface area (Å²) in [6.45, 7) is 1.95. The van der Waals surface area contributed by atoms with Gasteiger partial charge in [0, 0.05) is 32.4 Å². The molecule has 130 valence electrons. The van der Waals surface area contributed by atoms with Crippen LogP contribution in [0.4, 0.5) is 5.82 Å². The summed E-state index contributed by atoms with van der Waals surface area (Å²) in [5.74, 6) is -2.35. The van der Waals surface area contributed by atoms with Gasteiger partial charge in [-0.05, 0) is 12.1 Å². The summed E-state index contributed by atoms with van der Waals surface area (Å²) in [7, 11) is 0. The zero-order chi connectivity index (χ0) is 18.0. The minimum Gasteiger partial charge on any atom is -0.477 e. The van der Waals surface area contributed by atoms with Crippen LogP contribution >= 0.6 is 11.6 Å². The third-order valence-electron chi connectivity index (χ3n) is 3.90. The molecule has 0 atom stereocenters. The topological polar surface area (TPSA) is 107 Å². The Bertz CT molecular complexity index is 846. The number of halogens is 1. The van der Waals surface area contributed by atoms with Crippen LogP contribution in [0.1, 0.15) is 0 Å². The zero-order valence-electron chi connectivity index (χ0n) is 13.1. The molecule has 2 N–H and O–H groups in total. The van der Waals surface area contributed by atoms with Crippen molar-refractivity contribution in [2.24, 2.45) is 0 Å². The molecule has 0 saturated carbocycles. The smallest absolute Gasteiger partial charge is 0.344 e. The second-order valence-electron chi connectivity index (χ2n) is 5.50. The first-order valence-electron chi connectivity index (χ1n) is 7.55. The Balaban J connectivity index is 1.76. The molecule has 2 aromatic rings. The van der Waals surface area contributed by atoms with Crippen LogP contribution in [-0.4, -0.2) is 63.2 Å². The summed E-state index contributed by atoms with van der Waals surface area (Å²) in [6, 6.07) is 7.42. The van der Waals surface area contributed by atoms with Gasteiger partial charge in [-0.25, -0.2) is 19.6 Å². The van der Waals surface area contributed by atoms with E-state index in [2.05, 4.69) is 9.97 Å². The fourth-order valence-corrected chi connectivity index (χ4v) is 2.87. The van der Waals surface area contributed by atoms with E-state index in [1.807, 2.05) is 29.2 Å². The van der Waals surface area contributed by atoms with Crippen molar-refractivity contribution in [3.05, 3.63) is 41.2 Å². The SMILES string of the molecule is O=C(O)C(=CN1CCN(c2nc3ccccc3nc2Cl)CC1)C(=O)O. The number of nitrogens with zero attached hydrogens (tertiary/aromatic N) is 4. The second-order valence-corrected chi connectivity index (χ2v) is 5.86. The highest BCUT2D eigenvalue weighted by Gasteiger charge is 2.23. The molecule has 1 aliphatic heterocycles. The number of hydrogen-bond acceptors (Lipinski definition) is 6. The van der Waals surface area contributed by atoms with Gasteiger partial charge >= 0.3 is 11.9 Å². The third kappa shape index (κ3) is 3.63. The van der Waals surface area contributed by atoms with E-state index < -0.39 is 17.5 Å². The predicted octanol–water partition coefficient (Wildman–Crippen LogP) is 1.46. The summed E-state index contributed by atoms with van der Waals surface area (Å²) in [4.78, 5) is 34.4. The van der Waals surface area contributed by atoms with Gasteiger partial charge in [0.1, 0.15) is 0 Å². The van der Waals surface area contributed by atoms with Crippen molar-refractivity contribution in [3.63, 3.8) is 0 Å². The Morgan fingerprint density at radius 1 is 1.00 bits per heavy atom.